The molecule has 36 heavy (non-hydrogen) atoms. The van der Waals surface area contributed by atoms with Gasteiger partial charge in [-0.1, -0.05) is 19.6 Å². The van der Waals surface area contributed by atoms with Gasteiger partial charge in [-0.3, -0.25) is 0 Å². The number of hydrogen-bond acceptors (Lipinski definition) is 5. The molecular weight excluding hydrogens is 554 g/mol. The normalized spacial score (nSPS) is 15.9. The monoisotopic (exact) mass is 582 g/mol. The van der Waals surface area contributed by atoms with Crippen LogP contribution in [0.15, 0.2) is 35.1 Å². The fraction of sp³-hybridized carbons (Fsp3) is 0.417. The standard InChI is InChI=1S/C24H29BrF2N4O4Si/c1-36(2,3)9-8-34-14-31-12-17(25)21-20(4-6-28-23(21)31)35-22-18(26)10-16(11-19(22)27)30-24(32)29-15-5-7-33-13-15/h4,6,10-12,15H,5,7-9,13-14H2,1-3H3,(H2,29,30,32). The van der Waals surface area contributed by atoms with Gasteiger partial charge >= 0.3 is 6.03 Å². The van der Waals surface area contributed by atoms with Gasteiger partial charge in [0.1, 0.15) is 18.1 Å². The van der Waals surface area contributed by atoms with E-state index in [9.17, 15) is 13.6 Å². The van der Waals surface area contributed by atoms with Crippen molar-refractivity contribution in [3.05, 3.63) is 46.7 Å². The van der Waals surface area contributed by atoms with Gasteiger partial charge in [0.05, 0.1) is 18.0 Å². The molecule has 1 aliphatic heterocycles. The molecule has 12 heteroatoms. The van der Waals surface area contributed by atoms with Crippen LogP contribution in [0, 0.1) is 11.6 Å². The molecule has 4 rings (SSSR count). The van der Waals surface area contributed by atoms with E-state index in [1.54, 1.807) is 6.20 Å². The van der Waals surface area contributed by atoms with Crippen LogP contribution >= 0.6 is 15.9 Å². The molecule has 2 aromatic heterocycles. The molecule has 0 bridgehead atoms. The minimum Gasteiger partial charge on any atom is -0.450 e. The van der Waals surface area contributed by atoms with Crippen LogP contribution in [-0.2, 0) is 16.2 Å². The van der Waals surface area contributed by atoms with Crippen molar-refractivity contribution in [1.29, 1.82) is 0 Å². The lowest BCUT2D eigenvalue weighted by Crippen LogP contribution is -2.38. The van der Waals surface area contributed by atoms with E-state index in [-0.39, 0.29) is 17.5 Å². The fourth-order valence-corrected chi connectivity index (χ4v) is 5.08. The van der Waals surface area contributed by atoms with E-state index in [1.807, 2.05) is 4.57 Å². The summed E-state index contributed by atoms with van der Waals surface area (Å²) in [7, 11) is -1.21. The average Bonchev–Trinajstić information content (AvgIpc) is 3.41. The number of urea groups is 1. The van der Waals surface area contributed by atoms with Crippen LogP contribution in [0.5, 0.6) is 11.5 Å². The number of carbonyl (C=O) groups is 1. The Labute approximate surface area is 217 Å². The van der Waals surface area contributed by atoms with Crippen molar-refractivity contribution in [3.8, 4) is 11.5 Å². The highest BCUT2D eigenvalue weighted by Crippen LogP contribution is 2.37. The van der Waals surface area contributed by atoms with E-state index in [2.05, 4.69) is 51.2 Å². The number of rotatable bonds is 9. The van der Waals surface area contributed by atoms with Crippen molar-refractivity contribution in [2.75, 3.05) is 25.1 Å². The molecule has 194 valence electrons. The number of amides is 2. The van der Waals surface area contributed by atoms with Crippen LogP contribution in [0.1, 0.15) is 6.42 Å². The molecule has 1 atom stereocenters. The summed E-state index contributed by atoms with van der Waals surface area (Å²) >= 11 is 3.49. The maximum Gasteiger partial charge on any atom is 0.319 e. The van der Waals surface area contributed by atoms with Crippen LogP contribution in [0.4, 0.5) is 19.3 Å². The highest BCUT2D eigenvalue weighted by molar-refractivity contribution is 9.10. The molecule has 1 aliphatic rings. The molecule has 3 heterocycles. The molecule has 0 spiro atoms. The number of nitrogens with one attached hydrogen (secondary N) is 2. The molecule has 1 aromatic carbocycles. The van der Waals surface area contributed by atoms with Gasteiger partial charge < -0.3 is 29.4 Å². The Bertz CT molecular complexity index is 1220. The number of pyridine rings is 1. The number of fused-ring (bicyclic) bond motifs is 1. The Morgan fingerprint density at radius 3 is 2.72 bits per heavy atom. The van der Waals surface area contributed by atoms with Crippen LogP contribution in [0.3, 0.4) is 0 Å². The maximum atomic E-state index is 14.9. The summed E-state index contributed by atoms with van der Waals surface area (Å²) in [6, 6.07) is 3.89. The molecule has 1 fully saturated rings. The summed E-state index contributed by atoms with van der Waals surface area (Å²) < 4.78 is 48.9. The number of benzene rings is 1. The quantitative estimate of drug-likeness (QED) is 0.235. The van der Waals surface area contributed by atoms with E-state index < -0.39 is 31.5 Å². The van der Waals surface area contributed by atoms with Gasteiger partial charge in [-0.05, 0) is 34.5 Å². The number of ether oxygens (including phenoxy) is 3. The number of halogens is 3. The van der Waals surface area contributed by atoms with Gasteiger partial charge in [-0.15, -0.1) is 0 Å². The van der Waals surface area contributed by atoms with E-state index >= 15 is 0 Å². The zero-order valence-corrected chi connectivity index (χ0v) is 23.0. The van der Waals surface area contributed by atoms with Crippen molar-refractivity contribution in [3.63, 3.8) is 0 Å². The molecular formula is C24H29BrF2N4O4Si. The van der Waals surface area contributed by atoms with Crippen LogP contribution in [0.2, 0.25) is 25.7 Å². The first kappa shape index (κ1) is 26.5. The molecule has 3 aromatic rings. The number of hydrogen-bond donors (Lipinski definition) is 2. The predicted octanol–water partition coefficient (Wildman–Crippen LogP) is 6.09. The summed E-state index contributed by atoms with van der Waals surface area (Å²) in [5.74, 6) is -2.26. The van der Waals surface area contributed by atoms with Crippen molar-refractivity contribution in [1.82, 2.24) is 14.9 Å². The van der Waals surface area contributed by atoms with Gasteiger partial charge in [0.15, 0.2) is 17.4 Å². The molecule has 0 aliphatic carbocycles. The smallest absolute Gasteiger partial charge is 0.319 e. The first-order valence-electron chi connectivity index (χ1n) is 11.6. The van der Waals surface area contributed by atoms with Gasteiger partial charge in [0, 0.05) is 56.0 Å². The van der Waals surface area contributed by atoms with Gasteiger partial charge in [-0.2, -0.15) is 0 Å². The molecule has 0 radical (unpaired) electrons. The van der Waals surface area contributed by atoms with Crippen LogP contribution in [0.25, 0.3) is 11.0 Å². The topological polar surface area (TPSA) is 86.6 Å². The Morgan fingerprint density at radius 1 is 1.31 bits per heavy atom. The van der Waals surface area contributed by atoms with E-state index in [0.29, 0.717) is 48.5 Å². The first-order valence-corrected chi connectivity index (χ1v) is 16.1. The Morgan fingerprint density at radius 2 is 2.06 bits per heavy atom. The highest BCUT2D eigenvalue weighted by atomic mass is 79.9. The third-order valence-electron chi connectivity index (χ3n) is 5.63. The van der Waals surface area contributed by atoms with Crippen molar-refractivity contribution in [2.45, 2.75) is 44.9 Å². The van der Waals surface area contributed by atoms with Crippen molar-refractivity contribution < 1.29 is 27.8 Å². The van der Waals surface area contributed by atoms with Crippen LogP contribution < -0.4 is 15.4 Å². The van der Waals surface area contributed by atoms with Gasteiger partial charge in [0.2, 0.25) is 0 Å². The van der Waals surface area contributed by atoms with Crippen molar-refractivity contribution in [2.24, 2.45) is 0 Å². The minimum atomic E-state index is -1.21. The molecule has 8 nitrogen and oxygen atoms in total. The van der Waals surface area contributed by atoms with E-state index in [4.69, 9.17) is 14.2 Å². The molecule has 2 amide bonds. The van der Waals surface area contributed by atoms with Gasteiger partial charge in [0.25, 0.3) is 0 Å². The molecule has 1 unspecified atom stereocenters. The minimum absolute atomic E-state index is 0.0311. The van der Waals surface area contributed by atoms with Crippen molar-refractivity contribution >= 4 is 46.8 Å². The maximum absolute atomic E-state index is 14.9. The first-order chi connectivity index (χ1) is 17.1. The summed E-state index contributed by atoms with van der Waals surface area (Å²) in [4.78, 5) is 16.5. The largest absolute Gasteiger partial charge is 0.450 e. The third kappa shape index (κ3) is 6.61. The third-order valence-corrected chi connectivity index (χ3v) is 7.94. The van der Waals surface area contributed by atoms with Crippen LogP contribution in [-0.4, -0.2) is 49.5 Å². The second-order valence-corrected chi connectivity index (χ2v) is 16.3. The zero-order valence-electron chi connectivity index (χ0n) is 20.4. The number of nitrogens with zero attached hydrogens (tertiary/aromatic N) is 2. The lowest BCUT2D eigenvalue weighted by molar-refractivity contribution is 0.0898. The lowest BCUT2D eigenvalue weighted by Gasteiger charge is -2.15. The average molecular weight is 584 g/mol. The highest BCUT2D eigenvalue weighted by Gasteiger charge is 2.21. The molecule has 1 saturated heterocycles. The van der Waals surface area contributed by atoms with E-state index in [1.165, 1.54) is 12.3 Å². The zero-order chi connectivity index (χ0) is 25.9. The summed E-state index contributed by atoms with van der Waals surface area (Å²) in [5.41, 5.74) is 0.524. The Hall–Kier alpha value is -2.54. The summed E-state index contributed by atoms with van der Waals surface area (Å²) in [5, 5.41) is 5.71. The number of carbonyl (C=O) groups excluding carboxylic acids is 1. The second-order valence-electron chi connectivity index (χ2n) is 9.83. The molecule has 2 N–H and O–H groups in total. The number of anilines is 1. The SMILES string of the molecule is C[Si](C)(C)CCOCn1cc(Br)c2c(Oc3c(F)cc(NC(=O)NC4CCOC4)cc3F)ccnc21. The Kier molecular flexibility index (Phi) is 8.28. The number of aromatic nitrogens is 2. The summed E-state index contributed by atoms with van der Waals surface area (Å²) in [6.07, 6.45) is 3.99. The second kappa shape index (κ2) is 11.2. The Balaban J connectivity index is 1.48. The fourth-order valence-electron chi connectivity index (χ4n) is 3.70. The van der Waals surface area contributed by atoms with Gasteiger partial charge in [-0.25, -0.2) is 18.6 Å². The lowest BCUT2D eigenvalue weighted by atomic mass is 10.2. The predicted molar refractivity (Wildman–Crippen MR) is 139 cm³/mol. The summed E-state index contributed by atoms with van der Waals surface area (Å²) in [6.45, 7) is 8.76. The van der Waals surface area contributed by atoms with E-state index in [0.717, 1.165) is 18.2 Å². The molecule has 0 saturated carbocycles.